The minimum absolute atomic E-state index is 0.0712. The van der Waals surface area contributed by atoms with E-state index in [0.717, 1.165) is 4.88 Å². The van der Waals surface area contributed by atoms with Gasteiger partial charge in [-0.2, -0.15) is 0 Å². The van der Waals surface area contributed by atoms with Crippen LogP contribution in [0.3, 0.4) is 0 Å². The number of halogens is 1. The largest absolute Gasteiger partial charge is 0.458 e. The number of carbonyl (C=O) groups is 1. The van der Waals surface area contributed by atoms with E-state index in [0.29, 0.717) is 26.2 Å². The van der Waals surface area contributed by atoms with E-state index in [2.05, 4.69) is 11.6 Å². The Morgan fingerprint density at radius 2 is 2.10 bits per heavy atom. The zero-order valence-electron chi connectivity index (χ0n) is 16.0. The van der Waals surface area contributed by atoms with Gasteiger partial charge in [0.25, 0.3) is 5.56 Å². The van der Waals surface area contributed by atoms with Crippen molar-refractivity contribution in [3.05, 3.63) is 102 Å². The number of thiazole rings is 1. The van der Waals surface area contributed by atoms with Gasteiger partial charge in [0.1, 0.15) is 18.5 Å². The summed E-state index contributed by atoms with van der Waals surface area (Å²) in [6.45, 7) is 5.38. The summed E-state index contributed by atoms with van der Waals surface area (Å²) in [6, 6.07) is 9.03. The van der Waals surface area contributed by atoms with Gasteiger partial charge in [0.05, 0.1) is 15.8 Å². The number of carbonyl (C=O) groups excluding carboxylic acids is 1. The fraction of sp³-hybridized carbons (Fsp3) is 0.136. The van der Waals surface area contributed by atoms with Crippen molar-refractivity contribution in [2.75, 3.05) is 6.61 Å². The number of rotatable bonds is 5. The average molecular weight is 441 g/mol. The van der Waals surface area contributed by atoms with Gasteiger partial charge in [0.2, 0.25) is 0 Å². The number of hydrogen-bond donors (Lipinski definition) is 0. The van der Waals surface area contributed by atoms with E-state index in [9.17, 15) is 14.0 Å². The first kappa shape index (κ1) is 20.2. The molecule has 8 heteroatoms. The Hall–Kier alpha value is -3.10. The summed E-state index contributed by atoms with van der Waals surface area (Å²) in [5.74, 6) is -0.869. The lowest BCUT2D eigenvalue weighted by Crippen LogP contribution is -2.39. The van der Waals surface area contributed by atoms with Crippen molar-refractivity contribution in [3.8, 4) is 0 Å². The maximum absolute atomic E-state index is 13.3. The first-order valence-electron chi connectivity index (χ1n) is 9.09. The number of nitrogens with zero attached hydrogens (tertiary/aromatic N) is 2. The summed E-state index contributed by atoms with van der Waals surface area (Å²) in [7, 11) is 0. The first-order valence-corrected chi connectivity index (χ1v) is 10.8. The number of hydrogen-bond acceptors (Lipinski definition) is 6. The lowest BCUT2D eigenvalue weighted by Gasteiger charge is -2.23. The van der Waals surface area contributed by atoms with Gasteiger partial charge in [0.15, 0.2) is 4.80 Å². The second kappa shape index (κ2) is 8.33. The van der Waals surface area contributed by atoms with Gasteiger partial charge in [-0.25, -0.2) is 14.2 Å². The van der Waals surface area contributed by atoms with E-state index in [1.165, 1.54) is 45.4 Å². The fourth-order valence-corrected chi connectivity index (χ4v) is 5.09. The van der Waals surface area contributed by atoms with Crippen LogP contribution in [0.5, 0.6) is 0 Å². The normalized spacial score (nSPS) is 16.2. The van der Waals surface area contributed by atoms with Gasteiger partial charge in [-0.15, -0.1) is 11.3 Å². The smallest absolute Gasteiger partial charge is 0.338 e. The van der Waals surface area contributed by atoms with E-state index in [-0.39, 0.29) is 18.0 Å². The highest BCUT2D eigenvalue weighted by molar-refractivity contribution is 7.10. The van der Waals surface area contributed by atoms with E-state index in [1.54, 1.807) is 25.1 Å². The van der Waals surface area contributed by atoms with Crippen molar-refractivity contribution in [1.29, 1.82) is 0 Å². The van der Waals surface area contributed by atoms with Crippen LogP contribution in [0, 0.1) is 5.82 Å². The summed E-state index contributed by atoms with van der Waals surface area (Å²) in [6.07, 6.45) is 3.19. The number of benzene rings is 1. The number of ether oxygens (including phenoxy) is 1. The predicted octanol–water partition coefficient (Wildman–Crippen LogP) is 3.17. The Morgan fingerprint density at radius 3 is 2.77 bits per heavy atom. The van der Waals surface area contributed by atoms with Crippen molar-refractivity contribution < 1.29 is 13.9 Å². The number of allylic oxidation sites excluding steroid dienone is 1. The molecule has 0 spiro atoms. The van der Waals surface area contributed by atoms with Gasteiger partial charge in [-0.05, 0) is 42.1 Å². The Kier molecular flexibility index (Phi) is 5.61. The van der Waals surface area contributed by atoms with Crippen LogP contribution in [-0.2, 0) is 9.53 Å². The highest BCUT2D eigenvalue weighted by Crippen LogP contribution is 2.33. The quantitative estimate of drug-likeness (QED) is 0.452. The number of thiophene rings is 1. The third-order valence-electron chi connectivity index (χ3n) is 4.55. The molecule has 152 valence electrons. The Bertz CT molecular complexity index is 1320. The third kappa shape index (κ3) is 3.71. The van der Waals surface area contributed by atoms with Crippen molar-refractivity contribution in [2.24, 2.45) is 4.99 Å². The van der Waals surface area contributed by atoms with Gasteiger partial charge in [0, 0.05) is 4.88 Å². The Morgan fingerprint density at radius 1 is 1.33 bits per heavy atom. The maximum atomic E-state index is 13.3. The van der Waals surface area contributed by atoms with Crippen LogP contribution in [0.1, 0.15) is 23.4 Å². The first-order chi connectivity index (χ1) is 14.5. The molecule has 1 aliphatic rings. The molecule has 1 atom stereocenters. The van der Waals surface area contributed by atoms with Gasteiger partial charge in [-0.3, -0.25) is 9.36 Å². The molecule has 0 bridgehead atoms. The lowest BCUT2D eigenvalue weighted by molar-refractivity contribution is -0.138. The average Bonchev–Trinajstić information content (AvgIpc) is 3.36. The molecular weight excluding hydrogens is 423 g/mol. The highest BCUT2D eigenvalue weighted by atomic mass is 32.1. The zero-order chi connectivity index (χ0) is 21.3. The van der Waals surface area contributed by atoms with Crippen molar-refractivity contribution in [2.45, 2.75) is 13.0 Å². The maximum Gasteiger partial charge on any atom is 0.338 e. The van der Waals surface area contributed by atoms with Crippen molar-refractivity contribution >= 4 is 34.7 Å². The molecule has 0 N–H and O–H groups in total. The molecule has 0 radical (unpaired) electrons. The van der Waals surface area contributed by atoms with E-state index < -0.39 is 12.0 Å². The summed E-state index contributed by atoms with van der Waals surface area (Å²) in [5, 5.41) is 1.89. The lowest BCUT2D eigenvalue weighted by atomic mass is 10.0. The molecule has 30 heavy (non-hydrogen) atoms. The molecule has 0 unspecified atom stereocenters. The van der Waals surface area contributed by atoms with Gasteiger partial charge >= 0.3 is 5.97 Å². The van der Waals surface area contributed by atoms with Crippen molar-refractivity contribution in [1.82, 2.24) is 4.57 Å². The summed E-state index contributed by atoms with van der Waals surface area (Å²) < 4.78 is 20.5. The second-order valence-corrected chi connectivity index (χ2v) is 8.52. The molecule has 0 amide bonds. The molecule has 0 saturated heterocycles. The molecule has 0 saturated carbocycles. The number of fused-ring (bicyclic) bond motifs is 1. The van der Waals surface area contributed by atoms with Crippen LogP contribution in [-0.4, -0.2) is 17.1 Å². The molecule has 0 aliphatic carbocycles. The van der Waals surface area contributed by atoms with E-state index in [4.69, 9.17) is 4.74 Å². The molecule has 2 aromatic heterocycles. The van der Waals surface area contributed by atoms with Crippen LogP contribution in [0.25, 0.3) is 6.08 Å². The molecule has 3 aromatic rings. The highest BCUT2D eigenvalue weighted by Gasteiger charge is 2.33. The van der Waals surface area contributed by atoms with Crippen molar-refractivity contribution in [3.63, 3.8) is 0 Å². The standard InChI is InChI=1S/C22H17FN2O3S2/c1-3-10-28-21(27)18-13(2)24-22-25(19(18)16-5-4-11-29-16)20(26)17(30-22)12-14-6-8-15(23)9-7-14/h3-9,11-12,19H,1,10H2,2H3/b17-12+/t19-/m0/s1. The van der Waals surface area contributed by atoms with E-state index in [1.807, 2.05) is 17.5 Å². The molecule has 3 heterocycles. The van der Waals surface area contributed by atoms with Gasteiger partial charge < -0.3 is 4.74 Å². The SMILES string of the molecule is C=CCOC(=O)C1=C(C)N=c2s/c(=C/c3ccc(F)cc3)c(=O)n2[C@H]1c1cccs1. The summed E-state index contributed by atoms with van der Waals surface area (Å²) in [5.41, 5.74) is 1.29. The number of aromatic nitrogens is 1. The zero-order valence-corrected chi connectivity index (χ0v) is 17.6. The fourth-order valence-electron chi connectivity index (χ4n) is 3.22. The van der Waals surface area contributed by atoms with Gasteiger partial charge in [-0.1, -0.05) is 42.2 Å². The predicted molar refractivity (Wildman–Crippen MR) is 116 cm³/mol. The van der Waals surface area contributed by atoms with Crippen LogP contribution < -0.4 is 14.9 Å². The molecule has 5 nitrogen and oxygen atoms in total. The van der Waals surface area contributed by atoms with Crippen LogP contribution in [0.15, 0.2) is 75.5 Å². The second-order valence-electron chi connectivity index (χ2n) is 6.54. The van der Waals surface area contributed by atoms with Crippen LogP contribution >= 0.6 is 22.7 Å². The molecular formula is C22H17FN2O3S2. The van der Waals surface area contributed by atoms with E-state index >= 15 is 0 Å². The summed E-state index contributed by atoms with van der Waals surface area (Å²) >= 11 is 2.69. The summed E-state index contributed by atoms with van der Waals surface area (Å²) in [4.78, 5) is 31.9. The molecule has 4 rings (SSSR count). The molecule has 0 fully saturated rings. The minimum atomic E-state index is -0.617. The number of esters is 1. The monoisotopic (exact) mass is 440 g/mol. The Balaban J connectivity index is 1.90. The molecule has 1 aromatic carbocycles. The minimum Gasteiger partial charge on any atom is -0.458 e. The Labute approximate surface area is 179 Å². The third-order valence-corrected chi connectivity index (χ3v) is 6.46. The van der Waals surface area contributed by atoms with Crippen LogP contribution in [0.4, 0.5) is 4.39 Å². The topological polar surface area (TPSA) is 60.7 Å². The molecule has 1 aliphatic heterocycles. The van der Waals surface area contributed by atoms with Crippen LogP contribution in [0.2, 0.25) is 0 Å².